The van der Waals surface area contributed by atoms with Gasteiger partial charge in [0.2, 0.25) is 5.91 Å². The lowest BCUT2D eigenvalue weighted by molar-refractivity contribution is -0.120. The summed E-state index contributed by atoms with van der Waals surface area (Å²) in [6, 6.07) is -0.478. The van der Waals surface area contributed by atoms with Gasteiger partial charge in [0, 0.05) is 18.1 Å². The van der Waals surface area contributed by atoms with Crippen molar-refractivity contribution in [2.45, 2.75) is 45.3 Å². The first kappa shape index (κ1) is 14.8. The molecular formula is C13H19N3O3S. The topological polar surface area (TPSA) is 71.5 Å². The van der Waals surface area contributed by atoms with Crippen LogP contribution < -0.4 is 5.32 Å². The van der Waals surface area contributed by atoms with Crippen LogP contribution in [0.3, 0.4) is 0 Å². The summed E-state index contributed by atoms with van der Waals surface area (Å²) in [6.07, 6.45) is 2.64. The zero-order valence-corrected chi connectivity index (χ0v) is 12.7. The molecule has 0 spiro atoms. The van der Waals surface area contributed by atoms with Gasteiger partial charge in [-0.25, -0.2) is 9.78 Å². The molecular weight excluding hydrogens is 278 g/mol. The number of rotatable bonds is 2. The van der Waals surface area contributed by atoms with Crippen LogP contribution in [0.15, 0.2) is 11.6 Å². The maximum absolute atomic E-state index is 12.2. The summed E-state index contributed by atoms with van der Waals surface area (Å²) < 4.78 is 5.33. The first-order valence-electron chi connectivity index (χ1n) is 6.57. The number of carbonyl (C=O) groups excluding carboxylic acids is 2. The van der Waals surface area contributed by atoms with E-state index in [4.69, 9.17) is 4.74 Å². The van der Waals surface area contributed by atoms with Crippen molar-refractivity contribution in [2.24, 2.45) is 0 Å². The molecule has 1 atom stereocenters. The fraction of sp³-hybridized carbons (Fsp3) is 0.615. The zero-order chi connectivity index (χ0) is 14.8. The Kier molecular flexibility index (Phi) is 4.27. The molecule has 1 aromatic heterocycles. The second kappa shape index (κ2) is 5.78. The molecule has 2 heterocycles. The quantitative estimate of drug-likeness (QED) is 0.910. The Labute approximate surface area is 122 Å². The molecule has 20 heavy (non-hydrogen) atoms. The van der Waals surface area contributed by atoms with Gasteiger partial charge < -0.3 is 10.1 Å². The van der Waals surface area contributed by atoms with Gasteiger partial charge in [-0.1, -0.05) is 0 Å². The van der Waals surface area contributed by atoms with E-state index in [1.165, 1.54) is 16.2 Å². The van der Waals surface area contributed by atoms with Crippen LogP contribution in [0.2, 0.25) is 0 Å². The molecule has 110 valence electrons. The number of anilines is 1. The number of aromatic nitrogens is 1. The third-order valence-electron chi connectivity index (χ3n) is 2.85. The number of hydrogen-bond donors (Lipinski definition) is 1. The molecule has 6 nitrogen and oxygen atoms in total. The predicted molar refractivity (Wildman–Crippen MR) is 76.7 cm³/mol. The van der Waals surface area contributed by atoms with Crippen LogP contribution in [0.25, 0.3) is 0 Å². The smallest absolute Gasteiger partial charge is 0.410 e. The lowest BCUT2D eigenvalue weighted by atomic mass is 10.2. The molecule has 0 aliphatic carbocycles. The van der Waals surface area contributed by atoms with E-state index in [0.29, 0.717) is 18.1 Å². The molecule has 1 aromatic rings. The molecule has 0 aromatic carbocycles. The van der Waals surface area contributed by atoms with E-state index >= 15 is 0 Å². The molecule has 0 radical (unpaired) electrons. The Morgan fingerprint density at radius 2 is 2.25 bits per heavy atom. The summed E-state index contributed by atoms with van der Waals surface area (Å²) in [4.78, 5) is 29.8. The van der Waals surface area contributed by atoms with Gasteiger partial charge >= 0.3 is 6.09 Å². The Morgan fingerprint density at radius 1 is 1.50 bits per heavy atom. The molecule has 1 aliphatic heterocycles. The van der Waals surface area contributed by atoms with E-state index in [0.717, 1.165) is 6.42 Å². The van der Waals surface area contributed by atoms with E-state index in [1.807, 2.05) is 20.8 Å². The van der Waals surface area contributed by atoms with Crippen molar-refractivity contribution in [3.8, 4) is 0 Å². The third-order valence-corrected chi connectivity index (χ3v) is 3.53. The van der Waals surface area contributed by atoms with Crippen LogP contribution in [0.5, 0.6) is 0 Å². The first-order valence-corrected chi connectivity index (χ1v) is 7.45. The van der Waals surface area contributed by atoms with Crippen molar-refractivity contribution in [1.29, 1.82) is 0 Å². The maximum Gasteiger partial charge on any atom is 0.410 e. The third kappa shape index (κ3) is 3.69. The predicted octanol–water partition coefficient (Wildman–Crippen LogP) is 2.48. The van der Waals surface area contributed by atoms with E-state index in [-0.39, 0.29) is 5.91 Å². The van der Waals surface area contributed by atoms with E-state index in [1.54, 1.807) is 11.6 Å². The van der Waals surface area contributed by atoms with Gasteiger partial charge in [-0.15, -0.1) is 11.3 Å². The van der Waals surface area contributed by atoms with Gasteiger partial charge in [0.15, 0.2) is 5.13 Å². The van der Waals surface area contributed by atoms with E-state index < -0.39 is 17.7 Å². The Morgan fingerprint density at radius 3 is 2.85 bits per heavy atom. The van der Waals surface area contributed by atoms with Gasteiger partial charge in [-0.3, -0.25) is 9.69 Å². The SMILES string of the molecule is CC(C)(C)OC(=O)N1CCC[C@@H]1C(=O)Nc1nccs1. The van der Waals surface area contributed by atoms with Crippen molar-refractivity contribution >= 4 is 28.5 Å². The molecule has 2 amide bonds. The average Bonchev–Trinajstić information content (AvgIpc) is 2.96. The second-order valence-electron chi connectivity index (χ2n) is 5.66. The Hall–Kier alpha value is -1.63. The number of nitrogens with zero attached hydrogens (tertiary/aromatic N) is 2. The van der Waals surface area contributed by atoms with Crippen LogP contribution in [-0.4, -0.2) is 40.1 Å². The van der Waals surface area contributed by atoms with Gasteiger partial charge in [0.05, 0.1) is 0 Å². The highest BCUT2D eigenvalue weighted by molar-refractivity contribution is 7.13. The largest absolute Gasteiger partial charge is 0.444 e. The minimum absolute atomic E-state index is 0.205. The summed E-state index contributed by atoms with van der Waals surface area (Å²) in [6.45, 7) is 5.98. The number of nitrogens with one attached hydrogen (secondary N) is 1. The average molecular weight is 297 g/mol. The first-order chi connectivity index (χ1) is 9.37. The van der Waals surface area contributed by atoms with Crippen molar-refractivity contribution in [3.05, 3.63) is 11.6 Å². The molecule has 2 rings (SSSR count). The highest BCUT2D eigenvalue weighted by Crippen LogP contribution is 2.22. The van der Waals surface area contributed by atoms with Crippen LogP contribution in [0.4, 0.5) is 9.93 Å². The normalized spacial score (nSPS) is 18.9. The minimum Gasteiger partial charge on any atom is -0.444 e. The van der Waals surface area contributed by atoms with Crippen LogP contribution >= 0.6 is 11.3 Å². The summed E-state index contributed by atoms with van der Waals surface area (Å²) >= 11 is 1.35. The second-order valence-corrected chi connectivity index (χ2v) is 6.55. The van der Waals surface area contributed by atoms with E-state index in [2.05, 4.69) is 10.3 Å². The van der Waals surface area contributed by atoms with E-state index in [9.17, 15) is 9.59 Å². The fourth-order valence-electron chi connectivity index (χ4n) is 2.05. The number of hydrogen-bond acceptors (Lipinski definition) is 5. The number of ether oxygens (including phenoxy) is 1. The number of amides is 2. The Balaban J connectivity index is 1.99. The van der Waals surface area contributed by atoms with Gasteiger partial charge in [-0.2, -0.15) is 0 Å². The fourth-order valence-corrected chi connectivity index (χ4v) is 2.58. The molecule has 0 saturated carbocycles. The van der Waals surface area contributed by atoms with Gasteiger partial charge in [0.25, 0.3) is 0 Å². The van der Waals surface area contributed by atoms with Crippen LogP contribution in [0.1, 0.15) is 33.6 Å². The summed E-state index contributed by atoms with van der Waals surface area (Å²) in [7, 11) is 0. The maximum atomic E-state index is 12.2. The number of thiazole rings is 1. The highest BCUT2D eigenvalue weighted by Gasteiger charge is 2.36. The number of carbonyl (C=O) groups is 2. The summed E-state index contributed by atoms with van der Waals surface area (Å²) in [5.74, 6) is -0.205. The van der Waals surface area contributed by atoms with Gasteiger partial charge in [-0.05, 0) is 33.6 Å². The van der Waals surface area contributed by atoms with Crippen LogP contribution in [-0.2, 0) is 9.53 Å². The molecule has 0 unspecified atom stereocenters. The van der Waals surface area contributed by atoms with Crippen molar-refractivity contribution < 1.29 is 14.3 Å². The Bertz CT molecular complexity index is 482. The lowest BCUT2D eigenvalue weighted by Gasteiger charge is -2.27. The summed E-state index contributed by atoms with van der Waals surface area (Å²) in [5.41, 5.74) is -0.560. The van der Waals surface area contributed by atoms with Crippen LogP contribution in [0, 0.1) is 0 Å². The molecule has 1 N–H and O–H groups in total. The molecule has 7 heteroatoms. The molecule has 1 fully saturated rings. The molecule has 0 bridgehead atoms. The minimum atomic E-state index is -0.560. The lowest BCUT2D eigenvalue weighted by Crippen LogP contribution is -2.45. The van der Waals surface area contributed by atoms with Crippen molar-refractivity contribution in [3.63, 3.8) is 0 Å². The van der Waals surface area contributed by atoms with Crippen molar-refractivity contribution in [1.82, 2.24) is 9.88 Å². The highest BCUT2D eigenvalue weighted by atomic mass is 32.1. The standard InChI is InChI=1S/C13H19N3O3S/c1-13(2,3)19-12(18)16-7-4-5-9(16)10(17)15-11-14-6-8-20-11/h6,8-9H,4-5,7H2,1-3H3,(H,14,15,17)/t9-/m1/s1. The zero-order valence-electron chi connectivity index (χ0n) is 11.9. The molecule has 1 aliphatic rings. The monoisotopic (exact) mass is 297 g/mol. The van der Waals surface area contributed by atoms with Gasteiger partial charge in [0.1, 0.15) is 11.6 Å². The summed E-state index contributed by atoms with van der Waals surface area (Å²) in [5, 5.41) is 5.07. The molecule has 1 saturated heterocycles. The van der Waals surface area contributed by atoms with Crippen molar-refractivity contribution in [2.75, 3.05) is 11.9 Å². The number of likely N-dealkylation sites (tertiary alicyclic amines) is 1.